The molecule has 2 aliphatic heterocycles. The molecular formula is C29H26N6O2. The summed E-state index contributed by atoms with van der Waals surface area (Å²) in [4.78, 5) is 33.7. The number of rotatable bonds is 5. The minimum absolute atomic E-state index is 0.337. The maximum atomic E-state index is 13.5. The number of hydrogen-bond donors (Lipinski definition) is 2. The summed E-state index contributed by atoms with van der Waals surface area (Å²) < 4.78 is 1.90. The van der Waals surface area contributed by atoms with Gasteiger partial charge in [-0.2, -0.15) is 5.10 Å². The average Bonchev–Trinajstić information content (AvgIpc) is 3.44. The molecule has 0 bridgehead atoms. The topological polar surface area (TPSA) is 91.6 Å². The van der Waals surface area contributed by atoms with E-state index < -0.39 is 6.17 Å². The van der Waals surface area contributed by atoms with Crippen molar-refractivity contribution in [1.29, 1.82) is 0 Å². The monoisotopic (exact) mass is 490 g/mol. The van der Waals surface area contributed by atoms with Crippen LogP contribution in [0.25, 0.3) is 0 Å². The Balaban J connectivity index is 1.27. The van der Waals surface area contributed by atoms with Crippen LogP contribution in [0.15, 0.2) is 90.1 Å². The van der Waals surface area contributed by atoms with Crippen LogP contribution in [0.3, 0.4) is 0 Å². The normalized spacial score (nSPS) is 16.8. The molecule has 2 N–H and O–H groups in total. The number of carbonyl (C=O) groups excluding carboxylic acids is 2. The van der Waals surface area contributed by atoms with Crippen LogP contribution in [-0.2, 0) is 31.5 Å². The van der Waals surface area contributed by atoms with Crippen molar-refractivity contribution in [2.24, 2.45) is 12.0 Å². The summed E-state index contributed by atoms with van der Waals surface area (Å²) in [5.74, 6) is -0.719. The number of amides is 2. The van der Waals surface area contributed by atoms with Crippen molar-refractivity contribution in [2.75, 3.05) is 5.32 Å². The number of nitrogens with one attached hydrogen (secondary N) is 2. The molecule has 37 heavy (non-hydrogen) atoms. The smallest absolute Gasteiger partial charge is 0.269 e. The molecule has 1 unspecified atom stereocenters. The summed E-state index contributed by atoms with van der Waals surface area (Å²) in [6.45, 7) is 2.17. The Kier molecular flexibility index (Phi) is 5.86. The number of carbonyl (C=O) groups is 2. The Bertz CT molecular complexity index is 1520. The van der Waals surface area contributed by atoms with Gasteiger partial charge in [-0.05, 0) is 17.7 Å². The number of hydrogen-bond acceptors (Lipinski definition) is 5. The maximum Gasteiger partial charge on any atom is 0.269 e. The third-order valence-corrected chi connectivity index (χ3v) is 6.83. The summed E-state index contributed by atoms with van der Waals surface area (Å²) in [5, 5.41) is 10.1. The second-order valence-electron chi connectivity index (χ2n) is 9.30. The van der Waals surface area contributed by atoms with Crippen molar-refractivity contribution in [1.82, 2.24) is 20.0 Å². The lowest BCUT2D eigenvalue weighted by Gasteiger charge is -2.19. The molecule has 0 saturated heterocycles. The van der Waals surface area contributed by atoms with Crippen molar-refractivity contribution in [3.8, 4) is 0 Å². The van der Waals surface area contributed by atoms with Gasteiger partial charge in [0.05, 0.1) is 23.3 Å². The second kappa shape index (κ2) is 9.48. The summed E-state index contributed by atoms with van der Waals surface area (Å²) in [5.41, 5.74) is 6.82. The first-order valence-corrected chi connectivity index (χ1v) is 12.2. The summed E-state index contributed by atoms with van der Waals surface area (Å²) in [6.07, 6.45) is 0.823. The fourth-order valence-electron chi connectivity index (χ4n) is 4.97. The highest BCUT2D eigenvalue weighted by atomic mass is 16.2. The fourth-order valence-corrected chi connectivity index (χ4v) is 4.97. The van der Waals surface area contributed by atoms with Crippen molar-refractivity contribution < 1.29 is 9.59 Å². The molecule has 4 aromatic rings. The molecule has 8 nitrogen and oxygen atoms in total. The van der Waals surface area contributed by atoms with E-state index in [1.807, 2.05) is 90.7 Å². The van der Waals surface area contributed by atoms with Crippen molar-refractivity contribution >= 4 is 23.2 Å². The Hall–Kier alpha value is -4.56. The molecular weight excluding hydrogens is 464 g/mol. The molecule has 2 amide bonds. The molecule has 0 fully saturated rings. The van der Waals surface area contributed by atoms with E-state index in [2.05, 4.69) is 20.6 Å². The van der Waals surface area contributed by atoms with Gasteiger partial charge in [0.25, 0.3) is 11.8 Å². The van der Waals surface area contributed by atoms with Gasteiger partial charge in [0, 0.05) is 48.9 Å². The zero-order valence-electron chi connectivity index (χ0n) is 20.4. The number of benzene rings is 3. The minimum atomic E-state index is -1.08. The number of fused-ring (bicyclic) bond motifs is 2. The van der Waals surface area contributed by atoms with Gasteiger partial charge >= 0.3 is 0 Å². The molecule has 3 aromatic carbocycles. The molecule has 0 spiro atoms. The number of aliphatic imine (C=N–C) groups is 1. The zero-order valence-corrected chi connectivity index (χ0v) is 20.4. The van der Waals surface area contributed by atoms with Crippen LogP contribution in [0, 0.1) is 0 Å². The number of benzodiazepines with no additional fused rings is 1. The first-order valence-electron chi connectivity index (χ1n) is 12.2. The van der Waals surface area contributed by atoms with Gasteiger partial charge in [0.2, 0.25) is 6.17 Å². The highest BCUT2D eigenvalue weighted by molar-refractivity contribution is 6.20. The number of aromatic nitrogens is 2. The number of para-hydroxylation sites is 1. The number of nitrogens with zero attached hydrogens (tertiary/aromatic N) is 4. The first kappa shape index (κ1) is 22.9. The standard InChI is InChI=1S/C29H26N6O2/c1-34-25-18-35(17-21(25)15-30-34)16-20-11-5-6-12-22(20)28(36)33-27-29(37)31-24-14-8-7-13-23(24)26(32-27)19-9-3-2-4-10-19/h2-15,27H,16-18H2,1H3,(H,31,37)(H,33,36). The van der Waals surface area contributed by atoms with E-state index in [0.29, 0.717) is 23.5 Å². The average molecular weight is 491 g/mol. The largest absolute Gasteiger partial charge is 0.322 e. The van der Waals surface area contributed by atoms with Gasteiger partial charge in [-0.3, -0.25) is 19.2 Å². The van der Waals surface area contributed by atoms with E-state index in [9.17, 15) is 9.59 Å². The predicted octanol–water partition coefficient (Wildman–Crippen LogP) is 3.48. The van der Waals surface area contributed by atoms with E-state index in [1.165, 1.54) is 11.3 Å². The molecule has 1 aromatic heterocycles. The Morgan fingerprint density at radius 1 is 1.00 bits per heavy atom. The summed E-state index contributed by atoms with van der Waals surface area (Å²) in [7, 11) is 1.95. The van der Waals surface area contributed by atoms with Crippen LogP contribution in [0.2, 0.25) is 0 Å². The van der Waals surface area contributed by atoms with Crippen molar-refractivity contribution in [3.63, 3.8) is 0 Å². The fraction of sp³-hybridized carbons (Fsp3) is 0.172. The molecule has 0 radical (unpaired) electrons. The highest BCUT2D eigenvalue weighted by Crippen LogP contribution is 2.26. The van der Waals surface area contributed by atoms with Crippen LogP contribution in [-0.4, -0.2) is 38.4 Å². The lowest BCUT2D eigenvalue weighted by molar-refractivity contribution is -0.117. The molecule has 1 atom stereocenters. The Labute approximate surface area is 214 Å². The van der Waals surface area contributed by atoms with Crippen molar-refractivity contribution in [2.45, 2.75) is 25.8 Å². The lowest BCUT2D eigenvalue weighted by Crippen LogP contribution is -2.42. The van der Waals surface area contributed by atoms with Gasteiger partial charge in [0.1, 0.15) is 0 Å². The van der Waals surface area contributed by atoms with Gasteiger partial charge < -0.3 is 10.6 Å². The SMILES string of the molecule is Cn1ncc2c1CN(Cc1ccccc1C(=O)NC1N=C(c3ccccc3)c3ccccc3NC1=O)C2. The Morgan fingerprint density at radius 3 is 2.59 bits per heavy atom. The number of anilines is 1. The molecule has 8 heteroatoms. The van der Waals surface area contributed by atoms with E-state index in [0.717, 1.165) is 29.8 Å². The van der Waals surface area contributed by atoms with E-state index >= 15 is 0 Å². The van der Waals surface area contributed by atoms with Gasteiger partial charge in [-0.1, -0.05) is 66.7 Å². The van der Waals surface area contributed by atoms with E-state index in [-0.39, 0.29) is 11.8 Å². The van der Waals surface area contributed by atoms with Crippen LogP contribution in [0.5, 0.6) is 0 Å². The maximum absolute atomic E-state index is 13.5. The van der Waals surface area contributed by atoms with Crippen molar-refractivity contribution in [3.05, 3.63) is 119 Å². The van der Waals surface area contributed by atoms with Gasteiger partial charge in [-0.15, -0.1) is 0 Å². The Morgan fingerprint density at radius 2 is 1.76 bits per heavy atom. The third kappa shape index (κ3) is 4.43. The number of aryl methyl sites for hydroxylation is 1. The van der Waals surface area contributed by atoms with Crippen LogP contribution in [0.4, 0.5) is 5.69 Å². The van der Waals surface area contributed by atoms with Gasteiger partial charge in [0.15, 0.2) is 0 Å². The van der Waals surface area contributed by atoms with Crippen LogP contribution >= 0.6 is 0 Å². The molecule has 2 aliphatic rings. The molecule has 184 valence electrons. The highest BCUT2D eigenvalue weighted by Gasteiger charge is 2.29. The summed E-state index contributed by atoms with van der Waals surface area (Å²) >= 11 is 0. The van der Waals surface area contributed by atoms with Crippen LogP contribution < -0.4 is 10.6 Å². The molecule has 3 heterocycles. The van der Waals surface area contributed by atoms with E-state index in [4.69, 9.17) is 4.99 Å². The molecule has 0 saturated carbocycles. The van der Waals surface area contributed by atoms with Gasteiger partial charge in [-0.25, -0.2) is 4.99 Å². The summed E-state index contributed by atoms with van der Waals surface area (Å²) in [6, 6.07) is 24.7. The first-order chi connectivity index (χ1) is 18.1. The van der Waals surface area contributed by atoms with Crippen LogP contribution in [0.1, 0.15) is 38.3 Å². The molecule has 6 rings (SSSR count). The quantitative estimate of drug-likeness (QED) is 0.448. The molecule has 0 aliphatic carbocycles. The minimum Gasteiger partial charge on any atom is -0.322 e. The third-order valence-electron chi connectivity index (χ3n) is 6.83. The zero-order chi connectivity index (χ0) is 25.4. The second-order valence-corrected chi connectivity index (χ2v) is 9.30. The lowest BCUT2D eigenvalue weighted by atomic mass is 10.0. The van der Waals surface area contributed by atoms with E-state index in [1.54, 1.807) is 6.07 Å². The predicted molar refractivity (Wildman–Crippen MR) is 141 cm³/mol.